The van der Waals surface area contributed by atoms with Gasteiger partial charge in [0.15, 0.2) is 0 Å². The van der Waals surface area contributed by atoms with Gasteiger partial charge in [-0.15, -0.1) is 0 Å². The average Bonchev–Trinajstić information content (AvgIpc) is 2.77. The third-order valence-electron chi connectivity index (χ3n) is 7.50. The van der Waals surface area contributed by atoms with Crippen LogP contribution in [0.1, 0.15) is 143 Å². The maximum absolute atomic E-state index is 12.2. The van der Waals surface area contributed by atoms with Crippen molar-refractivity contribution in [1.29, 1.82) is 0 Å². The maximum Gasteiger partial charge on any atom is 0.376 e. The van der Waals surface area contributed by atoms with Gasteiger partial charge in [0.25, 0.3) is 5.28 Å². The van der Waals surface area contributed by atoms with E-state index in [0.717, 1.165) is 32.2 Å². The average molecular weight is 471 g/mol. The Morgan fingerprint density at radius 3 is 1.50 bits per heavy atom. The highest BCUT2D eigenvalue weighted by Gasteiger charge is 2.54. The molecule has 0 saturated heterocycles. The monoisotopic (exact) mass is 470 g/mol. The Kier molecular flexibility index (Phi) is 20.0. The fourth-order valence-electron chi connectivity index (χ4n) is 4.84. The van der Waals surface area contributed by atoms with E-state index in [1.54, 1.807) is 0 Å². The van der Waals surface area contributed by atoms with Crippen LogP contribution in [-0.4, -0.2) is 30.4 Å². The molecular weight excluding hydrogens is 413 g/mol. The lowest BCUT2D eigenvalue weighted by molar-refractivity contribution is -0.927. The molecule has 0 rings (SSSR count). The minimum Gasteiger partial charge on any atom is -0.590 e. The molecule has 2 unspecified atom stereocenters. The molecule has 0 aliphatic carbocycles. The topological polar surface area (TPSA) is 40.1 Å². The van der Waals surface area contributed by atoms with Crippen LogP contribution in [0, 0.1) is 0 Å². The van der Waals surface area contributed by atoms with Crippen molar-refractivity contribution < 1.29 is 13.9 Å². The summed E-state index contributed by atoms with van der Waals surface area (Å²) in [4.78, 5) is 12.2. The molecule has 0 bridgehead atoms. The SMILES string of the molecule is CCCCCCCCC=CCCCCCCCCCCC(CCC)([P+](=O)[O-])[N+](C)(C)CC. The Morgan fingerprint density at radius 2 is 1.09 bits per heavy atom. The summed E-state index contributed by atoms with van der Waals surface area (Å²) in [6, 6.07) is 0. The predicted octanol–water partition coefficient (Wildman–Crippen LogP) is 8.89. The molecule has 2 atom stereocenters. The van der Waals surface area contributed by atoms with Gasteiger partial charge in [-0.05, 0) is 45.4 Å². The molecule has 4 heteroatoms. The zero-order chi connectivity index (χ0) is 24.1. The zero-order valence-electron chi connectivity index (χ0n) is 22.5. The minimum atomic E-state index is -2.43. The fraction of sp³-hybridized carbons (Fsp3) is 0.929. The molecule has 0 aromatic carbocycles. The summed E-state index contributed by atoms with van der Waals surface area (Å²) in [5.41, 5.74) is 0. The van der Waals surface area contributed by atoms with Gasteiger partial charge in [-0.2, -0.15) is 0 Å². The Morgan fingerprint density at radius 1 is 0.656 bits per heavy atom. The summed E-state index contributed by atoms with van der Waals surface area (Å²) in [5, 5.41) is -0.582. The van der Waals surface area contributed by atoms with Crippen LogP contribution < -0.4 is 4.89 Å². The second kappa shape index (κ2) is 20.2. The van der Waals surface area contributed by atoms with E-state index >= 15 is 0 Å². The summed E-state index contributed by atoms with van der Waals surface area (Å²) in [7, 11) is 1.75. The van der Waals surface area contributed by atoms with Gasteiger partial charge < -0.3 is 4.89 Å². The van der Waals surface area contributed by atoms with Crippen LogP contribution in [0.4, 0.5) is 0 Å². The molecular formula is C28H57NO2P+. The highest BCUT2D eigenvalue weighted by atomic mass is 31.1. The van der Waals surface area contributed by atoms with Crippen LogP contribution >= 0.6 is 8.03 Å². The van der Waals surface area contributed by atoms with E-state index in [2.05, 4.69) is 47.0 Å². The molecule has 190 valence electrons. The number of nitrogens with zero attached hydrogens (tertiary/aromatic N) is 1. The lowest BCUT2D eigenvalue weighted by Crippen LogP contribution is -2.58. The highest BCUT2D eigenvalue weighted by molar-refractivity contribution is 7.38. The van der Waals surface area contributed by atoms with Crippen LogP contribution in [0.2, 0.25) is 0 Å². The van der Waals surface area contributed by atoms with Crippen molar-refractivity contribution in [3.8, 4) is 0 Å². The molecule has 0 amide bonds. The van der Waals surface area contributed by atoms with Gasteiger partial charge in [-0.3, -0.25) is 4.48 Å². The Bertz CT molecular complexity index is 478. The van der Waals surface area contributed by atoms with Gasteiger partial charge in [-0.25, -0.2) is 0 Å². The predicted molar refractivity (Wildman–Crippen MR) is 141 cm³/mol. The van der Waals surface area contributed by atoms with Crippen LogP contribution in [-0.2, 0) is 4.57 Å². The van der Waals surface area contributed by atoms with Gasteiger partial charge in [0, 0.05) is 12.8 Å². The third-order valence-corrected chi connectivity index (χ3v) is 9.16. The van der Waals surface area contributed by atoms with Gasteiger partial charge in [0.2, 0.25) is 0 Å². The first kappa shape index (κ1) is 31.8. The smallest absolute Gasteiger partial charge is 0.376 e. The molecule has 0 aliphatic rings. The quantitative estimate of drug-likeness (QED) is 0.0647. The van der Waals surface area contributed by atoms with Crippen molar-refractivity contribution in [2.45, 2.75) is 148 Å². The van der Waals surface area contributed by atoms with Crippen molar-refractivity contribution >= 4 is 8.03 Å². The normalized spacial score (nSPS) is 14.8. The second-order valence-electron chi connectivity index (χ2n) is 10.4. The van der Waals surface area contributed by atoms with E-state index in [0.29, 0.717) is 4.48 Å². The fourth-order valence-corrected chi connectivity index (χ4v) is 6.17. The van der Waals surface area contributed by atoms with Gasteiger partial charge in [0.05, 0.1) is 20.6 Å². The summed E-state index contributed by atoms with van der Waals surface area (Å²) in [5.74, 6) is 0. The number of hydrogen-bond donors (Lipinski definition) is 0. The highest BCUT2D eigenvalue weighted by Crippen LogP contribution is 2.46. The van der Waals surface area contributed by atoms with E-state index in [-0.39, 0.29) is 0 Å². The molecule has 32 heavy (non-hydrogen) atoms. The molecule has 0 heterocycles. The summed E-state index contributed by atoms with van der Waals surface area (Å²) >= 11 is 0. The van der Waals surface area contributed by atoms with Crippen molar-refractivity contribution in [1.82, 2.24) is 0 Å². The summed E-state index contributed by atoms with van der Waals surface area (Å²) in [6.07, 6.45) is 28.2. The summed E-state index contributed by atoms with van der Waals surface area (Å²) in [6.45, 7) is 7.35. The standard InChI is InChI=1S/C28H57NO2P/c1-6-9-10-11-12-13-14-15-16-17-18-19-20-21-22-23-24-25-27-28(26-7-2,32(30)31)29(4,5)8-3/h15-16H,6-14,17-27H2,1-5H3/q+1. The van der Waals surface area contributed by atoms with Gasteiger partial charge in [0.1, 0.15) is 0 Å². The van der Waals surface area contributed by atoms with Crippen LogP contribution in [0.25, 0.3) is 0 Å². The molecule has 0 aromatic rings. The number of rotatable bonds is 23. The first-order chi connectivity index (χ1) is 15.4. The number of hydrogen-bond acceptors (Lipinski definition) is 2. The molecule has 0 saturated carbocycles. The molecule has 3 nitrogen and oxygen atoms in total. The molecule has 0 aromatic heterocycles. The number of allylic oxidation sites excluding steroid dienone is 2. The molecule has 0 N–H and O–H groups in total. The molecule has 0 aliphatic heterocycles. The lowest BCUT2D eigenvalue weighted by Gasteiger charge is -2.42. The molecule has 0 fully saturated rings. The van der Waals surface area contributed by atoms with Crippen LogP contribution in [0.3, 0.4) is 0 Å². The van der Waals surface area contributed by atoms with Crippen LogP contribution in [0.15, 0.2) is 12.2 Å². The minimum absolute atomic E-state index is 0.582. The lowest BCUT2D eigenvalue weighted by atomic mass is 9.98. The zero-order valence-corrected chi connectivity index (χ0v) is 23.4. The largest absolute Gasteiger partial charge is 0.590 e. The van der Waals surface area contributed by atoms with E-state index in [9.17, 15) is 9.46 Å². The third kappa shape index (κ3) is 13.5. The van der Waals surface area contributed by atoms with E-state index < -0.39 is 13.3 Å². The summed E-state index contributed by atoms with van der Waals surface area (Å²) < 4.78 is 12.8. The van der Waals surface area contributed by atoms with Crippen molar-refractivity contribution in [2.75, 3.05) is 20.6 Å². The molecule has 0 radical (unpaired) electrons. The Hall–Kier alpha value is -0.240. The Balaban J connectivity index is 3.76. The number of quaternary nitrogens is 1. The van der Waals surface area contributed by atoms with E-state index in [1.165, 1.54) is 96.3 Å². The van der Waals surface area contributed by atoms with E-state index in [4.69, 9.17) is 0 Å². The Labute approximate surface area is 202 Å². The number of unbranched alkanes of at least 4 members (excludes halogenated alkanes) is 14. The van der Waals surface area contributed by atoms with Crippen molar-refractivity contribution in [3.05, 3.63) is 12.2 Å². The molecule has 0 spiro atoms. The van der Waals surface area contributed by atoms with Gasteiger partial charge in [-0.1, -0.05) is 101 Å². The first-order valence-corrected chi connectivity index (χ1v) is 15.2. The van der Waals surface area contributed by atoms with Gasteiger partial charge >= 0.3 is 8.03 Å². The van der Waals surface area contributed by atoms with E-state index in [1.807, 2.05) is 0 Å². The van der Waals surface area contributed by atoms with Crippen molar-refractivity contribution in [3.63, 3.8) is 0 Å². The van der Waals surface area contributed by atoms with Crippen molar-refractivity contribution in [2.24, 2.45) is 0 Å². The first-order valence-electron chi connectivity index (χ1n) is 14.0. The van der Waals surface area contributed by atoms with Crippen LogP contribution in [0.5, 0.6) is 0 Å². The maximum atomic E-state index is 12.2. The second-order valence-corrected chi connectivity index (χ2v) is 11.7.